The van der Waals surface area contributed by atoms with Crippen molar-refractivity contribution in [2.24, 2.45) is 10.1 Å². The lowest BCUT2D eigenvalue weighted by Crippen LogP contribution is -2.14. The van der Waals surface area contributed by atoms with Gasteiger partial charge in [-0.15, -0.1) is 17.9 Å². The predicted octanol–water partition coefficient (Wildman–Crippen LogP) is 5.05. The van der Waals surface area contributed by atoms with Crippen LogP contribution in [-0.2, 0) is 0 Å². The molecule has 5 nitrogen and oxygen atoms in total. The number of hydrogen-bond acceptors (Lipinski definition) is 5. The summed E-state index contributed by atoms with van der Waals surface area (Å²) in [6, 6.07) is 13.1. The Balaban J connectivity index is 2.16. The summed E-state index contributed by atoms with van der Waals surface area (Å²) < 4.78 is 7.92. The van der Waals surface area contributed by atoms with Gasteiger partial charge in [-0.3, -0.25) is 4.99 Å². The highest BCUT2D eigenvalue weighted by Crippen LogP contribution is 2.29. The van der Waals surface area contributed by atoms with E-state index in [0.29, 0.717) is 23.6 Å². The number of aromatic nitrogens is 1. The van der Waals surface area contributed by atoms with Crippen LogP contribution in [0.5, 0.6) is 11.5 Å². The maximum atomic E-state index is 10.4. The smallest absolute Gasteiger partial charge is 0.206 e. The Morgan fingerprint density at radius 1 is 1.32 bits per heavy atom. The van der Waals surface area contributed by atoms with Crippen LogP contribution in [0.3, 0.4) is 0 Å². The minimum atomic E-state index is 0.114. The van der Waals surface area contributed by atoms with Gasteiger partial charge in [-0.25, -0.2) is 4.68 Å². The van der Waals surface area contributed by atoms with E-state index in [1.165, 1.54) is 11.3 Å². The molecule has 0 aliphatic heterocycles. The van der Waals surface area contributed by atoms with E-state index >= 15 is 0 Å². The molecular weight excluding hydrogens is 438 g/mol. The zero-order chi connectivity index (χ0) is 20.1. The Kier molecular flexibility index (Phi) is 6.49. The van der Waals surface area contributed by atoms with Crippen molar-refractivity contribution < 1.29 is 9.84 Å². The van der Waals surface area contributed by atoms with Crippen molar-refractivity contribution in [3.05, 3.63) is 75.3 Å². The number of aromatic hydroxyl groups is 1. The molecule has 0 fully saturated rings. The maximum Gasteiger partial charge on any atom is 0.206 e. The van der Waals surface area contributed by atoms with Gasteiger partial charge in [-0.05, 0) is 25.1 Å². The lowest BCUT2D eigenvalue weighted by molar-refractivity contribution is 0.407. The zero-order valence-corrected chi connectivity index (χ0v) is 18.0. The summed E-state index contributed by atoms with van der Waals surface area (Å²) in [5.74, 6) is 0.705. The number of rotatable bonds is 6. The molecule has 0 amide bonds. The molecule has 144 valence electrons. The quantitative estimate of drug-likeness (QED) is 0.415. The van der Waals surface area contributed by atoms with Crippen molar-refractivity contribution in [2.75, 3.05) is 13.7 Å². The van der Waals surface area contributed by atoms with Gasteiger partial charge in [-0.2, -0.15) is 5.10 Å². The van der Waals surface area contributed by atoms with Crippen LogP contribution in [-0.4, -0.2) is 29.1 Å². The molecule has 3 aromatic rings. The molecule has 0 aliphatic carbocycles. The van der Waals surface area contributed by atoms with E-state index in [0.717, 1.165) is 20.5 Å². The highest BCUT2D eigenvalue weighted by atomic mass is 79.9. The molecule has 0 aliphatic rings. The molecular formula is C21H20BrN3O2S. The topological polar surface area (TPSA) is 59.1 Å². The SMILES string of the molecule is C=CCN=c1scc(-c2ccccc2Br)n1N=C(C)c1ccc(OC)cc1O. The monoisotopic (exact) mass is 457 g/mol. The first-order valence-electron chi connectivity index (χ1n) is 8.55. The molecule has 0 radical (unpaired) electrons. The van der Waals surface area contributed by atoms with Crippen LogP contribution in [0.1, 0.15) is 12.5 Å². The first-order chi connectivity index (χ1) is 13.5. The third-order valence-electron chi connectivity index (χ3n) is 4.04. The van der Waals surface area contributed by atoms with Gasteiger partial charge < -0.3 is 9.84 Å². The van der Waals surface area contributed by atoms with Gasteiger partial charge in [0.2, 0.25) is 4.80 Å². The second kappa shape index (κ2) is 9.03. The van der Waals surface area contributed by atoms with E-state index in [1.54, 1.807) is 36.1 Å². The summed E-state index contributed by atoms with van der Waals surface area (Å²) in [6.45, 7) is 6.09. The first-order valence-corrected chi connectivity index (χ1v) is 10.2. The van der Waals surface area contributed by atoms with Gasteiger partial charge >= 0.3 is 0 Å². The van der Waals surface area contributed by atoms with Crippen molar-refractivity contribution in [1.29, 1.82) is 0 Å². The fourth-order valence-corrected chi connectivity index (χ4v) is 3.97. The second-order valence-corrected chi connectivity index (χ2v) is 7.58. The molecule has 0 atom stereocenters. The highest BCUT2D eigenvalue weighted by molar-refractivity contribution is 9.10. The van der Waals surface area contributed by atoms with E-state index in [-0.39, 0.29) is 5.75 Å². The zero-order valence-electron chi connectivity index (χ0n) is 15.6. The largest absolute Gasteiger partial charge is 0.507 e. The maximum absolute atomic E-state index is 10.4. The minimum Gasteiger partial charge on any atom is -0.507 e. The van der Waals surface area contributed by atoms with E-state index in [2.05, 4.69) is 27.5 Å². The standard InChI is InChI=1S/C21H20BrN3O2S/c1-4-11-23-21-25(19(13-28-21)17-7-5-6-8-18(17)22)24-14(2)16-10-9-15(27-3)12-20(16)26/h4-10,12-13,26H,1,11H2,2-3H3. The van der Waals surface area contributed by atoms with Crippen LogP contribution in [0.4, 0.5) is 0 Å². The molecule has 1 aromatic heterocycles. The highest BCUT2D eigenvalue weighted by Gasteiger charge is 2.12. The molecule has 7 heteroatoms. The van der Waals surface area contributed by atoms with Crippen LogP contribution in [0, 0.1) is 0 Å². The Morgan fingerprint density at radius 2 is 2.11 bits per heavy atom. The summed E-state index contributed by atoms with van der Waals surface area (Å²) in [6.07, 6.45) is 1.74. The van der Waals surface area contributed by atoms with Crippen LogP contribution in [0.15, 0.2) is 75.1 Å². The number of hydrogen-bond donors (Lipinski definition) is 1. The third kappa shape index (κ3) is 4.26. The van der Waals surface area contributed by atoms with Gasteiger partial charge in [0.1, 0.15) is 11.5 Å². The molecule has 2 aromatic carbocycles. The van der Waals surface area contributed by atoms with Gasteiger partial charge in [0, 0.05) is 27.0 Å². The van der Waals surface area contributed by atoms with E-state index in [1.807, 2.05) is 36.6 Å². The van der Waals surface area contributed by atoms with Gasteiger partial charge in [0.15, 0.2) is 0 Å². The Bertz CT molecular complexity index is 1100. The molecule has 1 N–H and O–H groups in total. The van der Waals surface area contributed by atoms with E-state index < -0.39 is 0 Å². The Labute approximate surface area is 176 Å². The molecule has 0 bridgehead atoms. The summed E-state index contributed by atoms with van der Waals surface area (Å²) >= 11 is 5.12. The Hall–Kier alpha value is -2.64. The summed E-state index contributed by atoms with van der Waals surface area (Å²) in [5.41, 5.74) is 3.21. The summed E-state index contributed by atoms with van der Waals surface area (Å²) in [4.78, 5) is 5.30. The molecule has 0 saturated carbocycles. The number of phenolic OH excluding ortho intramolecular Hbond substituents is 1. The number of nitrogens with zero attached hydrogens (tertiary/aromatic N) is 3. The van der Waals surface area contributed by atoms with Gasteiger partial charge in [0.25, 0.3) is 0 Å². The third-order valence-corrected chi connectivity index (χ3v) is 5.58. The number of thiazole rings is 1. The van der Waals surface area contributed by atoms with Crippen molar-refractivity contribution in [3.8, 4) is 22.8 Å². The predicted molar refractivity (Wildman–Crippen MR) is 118 cm³/mol. The number of benzene rings is 2. The van der Waals surface area contributed by atoms with E-state index in [4.69, 9.17) is 9.84 Å². The van der Waals surface area contributed by atoms with Crippen LogP contribution < -0.4 is 9.54 Å². The normalized spacial score (nSPS) is 12.2. The molecule has 1 heterocycles. The minimum absolute atomic E-state index is 0.114. The molecule has 0 unspecified atom stereocenters. The van der Waals surface area contributed by atoms with Crippen LogP contribution in [0.25, 0.3) is 11.3 Å². The fraction of sp³-hybridized carbons (Fsp3) is 0.143. The van der Waals surface area contributed by atoms with Gasteiger partial charge in [0.05, 0.1) is 25.1 Å². The first kappa shape index (κ1) is 20.1. The molecule has 0 saturated heterocycles. The fourth-order valence-electron chi connectivity index (χ4n) is 2.65. The number of halogens is 1. The summed E-state index contributed by atoms with van der Waals surface area (Å²) in [5, 5.41) is 17.1. The van der Waals surface area contributed by atoms with Crippen molar-refractivity contribution in [3.63, 3.8) is 0 Å². The second-order valence-electron chi connectivity index (χ2n) is 5.89. The van der Waals surface area contributed by atoms with E-state index in [9.17, 15) is 5.11 Å². The van der Waals surface area contributed by atoms with Crippen molar-refractivity contribution in [1.82, 2.24) is 4.68 Å². The number of phenols is 1. The van der Waals surface area contributed by atoms with Crippen LogP contribution in [0.2, 0.25) is 0 Å². The molecule has 0 spiro atoms. The average molecular weight is 458 g/mol. The molecule has 3 rings (SSSR count). The van der Waals surface area contributed by atoms with Gasteiger partial charge in [-0.1, -0.05) is 40.2 Å². The summed E-state index contributed by atoms with van der Waals surface area (Å²) in [7, 11) is 1.56. The molecule has 28 heavy (non-hydrogen) atoms. The average Bonchev–Trinajstić information content (AvgIpc) is 3.08. The van der Waals surface area contributed by atoms with Crippen molar-refractivity contribution >= 4 is 33.0 Å². The van der Waals surface area contributed by atoms with Crippen LogP contribution >= 0.6 is 27.3 Å². The van der Waals surface area contributed by atoms with Crippen molar-refractivity contribution in [2.45, 2.75) is 6.92 Å². The lowest BCUT2D eigenvalue weighted by Gasteiger charge is -2.09. The lowest BCUT2D eigenvalue weighted by atomic mass is 10.1. The number of methoxy groups -OCH3 is 1. The Morgan fingerprint density at radius 3 is 2.79 bits per heavy atom. The number of ether oxygens (including phenoxy) is 1.